The van der Waals surface area contributed by atoms with E-state index in [9.17, 15) is 18.0 Å². The van der Waals surface area contributed by atoms with Crippen LogP contribution in [0.1, 0.15) is 24.2 Å². The Morgan fingerprint density at radius 3 is 2.14 bits per heavy atom. The molecule has 0 spiro atoms. The van der Waals surface area contributed by atoms with Crippen molar-refractivity contribution >= 4 is 27.6 Å². The number of rotatable bonds is 9. The quantitative estimate of drug-likeness (QED) is 0.626. The number of nitrogens with one attached hydrogen (secondary N) is 1. The minimum absolute atomic E-state index is 0.00959. The number of nitrogens with zero attached hydrogens (tertiary/aromatic N) is 1. The van der Waals surface area contributed by atoms with E-state index in [0.717, 1.165) is 4.31 Å². The zero-order chi connectivity index (χ0) is 21.4. The molecule has 0 saturated heterocycles. The topological polar surface area (TPSA) is 102 Å². The second-order valence-corrected chi connectivity index (χ2v) is 7.89. The molecule has 2 aromatic rings. The van der Waals surface area contributed by atoms with Gasteiger partial charge >= 0.3 is 5.97 Å². The van der Waals surface area contributed by atoms with Crippen molar-refractivity contribution in [3.05, 3.63) is 54.1 Å². The summed E-state index contributed by atoms with van der Waals surface area (Å²) >= 11 is 0. The minimum atomic E-state index is -3.90. The van der Waals surface area contributed by atoms with E-state index in [4.69, 9.17) is 9.47 Å². The van der Waals surface area contributed by atoms with Crippen molar-refractivity contribution < 1.29 is 27.5 Å². The zero-order valence-corrected chi connectivity index (χ0v) is 17.4. The Morgan fingerprint density at radius 1 is 1.00 bits per heavy atom. The molecule has 0 aliphatic carbocycles. The predicted molar refractivity (Wildman–Crippen MR) is 108 cm³/mol. The maximum absolute atomic E-state index is 12.9. The smallest absolute Gasteiger partial charge is 0.338 e. The zero-order valence-electron chi connectivity index (χ0n) is 16.5. The second-order valence-electron chi connectivity index (χ2n) is 5.95. The Morgan fingerprint density at radius 2 is 1.62 bits per heavy atom. The number of amides is 1. The monoisotopic (exact) mass is 420 g/mol. The highest BCUT2D eigenvalue weighted by molar-refractivity contribution is 7.89. The number of carbonyl (C=O) groups excluding carboxylic acids is 2. The molecule has 0 atom stereocenters. The van der Waals surface area contributed by atoms with E-state index in [-0.39, 0.29) is 30.2 Å². The van der Waals surface area contributed by atoms with Crippen LogP contribution in [0, 0.1) is 0 Å². The lowest BCUT2D eigenvalue weighted by atomic mass is 10.2. The summed E-state index contributed by atoms with van der Waals surface area (Å²) in [5.41, 5.74) is 0.786. The average molecular weight is 420 g/mol. The molecule has 0 unspecified atom stereocenters. The van der Waals surface area contributed by atoms with Gasteiger partial charge in [0, 0.05) is 12.2 Å². The molecule has 0 radical (unpaired) electrons. The predicted octanol–water partition coefficient (Wildman–Crippen LogP) is 2.52. The van der Waals surface area contributed by atoms with Crippen molar-refractivity contribution in [2.45, 2.75) is 18.7 Å². The van der Waals surface area contributed by atoms with Crippen LogP contribution in [-0.2, 0) is 19.6 Å². The first-order valence-electron chi connectivity index (χ1n) is 9.03. The summed E-state index contributed by atoms with van der Waals surface area (Å²) in [6.07, 6.45) is 0. The molecule has 0 saturated carbocycles. The molecule has 0 aliphatic rings. The van der Waals surface area contributed by atoms with E-state index in [2.05, 4.69) is 5.32 Å². The molecule has 2 rings (SSSR count). The molecule has 0 aliphatic heterocycles. The molecule has 0 heterocycles. The third-order valence-corrected chi connectivity index (χ3v) is 5.98. The molecule has 2 aromatic carbocycles. The highest BCUT2D eigenvalue weighted by Crippen LogP contribution is 2.18. The van der Waals surface area contributed by atoms with Crippen LogP contribution >= 0.6 is 0 Å². The van der Waals surface area contributed by atoms with Gasteiger partial charge in [0.2, 0.25) is 15.9 Å². The van der Waals surface area contributed by atoms with Crippen molar-refractivity contribution in [3.8, 4) is 5.75 Å². The summed E-state index contributed by atoms with van der Waals surface area (Å²) in [5.74, 6) is -0.349. The molecular formula is C20H24N2O6S. The summed E-state index contributed by atoms with van der Waals surface area (Å²) < 4.78 is 36.7. The van der Waals surface area contributed by atoms with Crippen molar-refractivity contribution in [2.24, 2.45) is 0 Å². The van der Waals surface area contributed by atoms with Gasteiger partial charge in [0.1, 0.15) is 5.75 Å². The highest BCUT2D eigenvalue weighted by Gasteiger charge is 2.25. The molecule has 1 amide bonds. The van der Waals surface area contributed by atoms with E-state index in [1.54, 1.807) is 38.1 Å². The van der Waals surface area contributed by atoms with Crippen molar-refractivity contribution in [2.75, 3.05) is 32.1 Å². The first-order valence-corrected chi connectivity index (χ1v) is 10.5. The maximum Gasteiger partial charge on any atom is 0.338 e. The molecule has 0 fully saturated rings. The lowest BCUT2D eigenvalue weighted by molar-refractivity contribution is -0.116. The van der Waals surface area contributed by atoms with Crippen molar-refractivity contribution in [1.29, 1.82) is 0 Å². The number of carbonyl (C=O) groups is 2. The number of hydrogen-bond donors (Lipinski definition) is 1. The third kappa shape index (κ3) is 5.78. The van der Waals surface area contributed by atoms with Gasteiger partial charge in [0.15, 0.2) is 0 Å². The fourth-order valence-corrected chi connectivity index (χ4v) is 3.93. The van der Waals surface area contributed by atoms with Gasteiger partial charge in [0.05, 0.1) is 30.7 Å². The number of sulfonamides is 1. The Kier molecular flexibility index (Phi) is 7.74. The molecule has 8 nitrogen and oxygen atoms in total. The van der Waals surface area contributed by atoms with Gasteiger partial charge in [0.25, 0.3) is 0 Å². The number of likely N-dealkylation sites (N-methyl/N-ethyl adjacent to an activating group) is 1. The Bertz CT molecular complexity index is 940. The summed E-state index contributed by atoms with van der Waals surface area (Å²) in [4.78, 5) is 24.0. The van der Waals surface area contributed by atoms with Crippen LogP contribution in [0.3, 0.4) is 0 Å². The van der Waals surface area contributed by atoms with Gasteiger partial charge in [-0.25, -0.2) is 13.2 Å². The van der Waals surface area contributed by atoms with E-state index in [1.807, 2.05) is 0 Å². The number of esters is 1. The van der Waals surface area contributed by atoms with Crippen LogP contribution in [0.15, 0.2) is 53.4 Å². The van der Waals surface area contributed by atoms with Crippen LogP contribution < -0.4 is 10.1 Å². The van der Waals surface area contributed by atoms with Crippen molar-refractivity contribution in [3.63, 3.8) is 0 Å². The number of benzene rings is 2. The Hall–Kier alpha value is -2.91. The lowest BCUT2D eigenvalue weighted by Gasteiger charge is -2.20. The number of anilines is 1. The summed E-state index contributed by atoms with van der Waals surface area (Å²) in [5, 5.41) is 2.66. The van der Waals surface area contributed by atoms with E-state index >= 15 is 0 Å². The fourth-order valence-electron chi connectivity index (χ4n) is 2.53. The van der Waals surface area contributed by atoms with Crippen LogP contribution in [0.5, 0.6) is 5.75 Å². The molecule has 29 heavy (non-hydrogen) atoms. The van der Waals surface area contributed by atoms with Gasteiger partial charge in [-0.3, -0.25) is 4.79 Å². The molecular weight excluding hydrogens is 396 g/mol. The van der Waals surface area contributed by atoms with Crippen LogP contribution in [0.25, 0.3) is 0 Å². The van der Waals surface area contributed by atoms with E-state index in [0.29, 0.717) is 11.4 Å². The Labute approximate surface area is 170 Å². The van der Waals surface area contributed by atoms with Crippen molar-refractivity contribution in [1.82, 2.24) is 4.31 Å². The normalized spacial score (nSPS) is 11.2. The van der Waals surface area contributed by atoms with Gasteiger partial charge in [-0.15, -0.1) is 0 Å². The van der Waals surface area contributed by atoms with Crippen LogP contribution in [-0.4, -0.2) is 51.4 Å². The van der Waals surface area contributed by atoms with Crippen LogP contribution in [0.2, 0.25) is 0 Å². The van der Waals surface area contributed by atoms with Gasteiger partial charge in [-0.05, 0) is 55.5 Å². The number of methoxy groups -OCH3 is 1. The van der Waals surface area contributed by atoms with Gasteiger partial charge in [-0.1, -0.05) is 6.92 Å². The molecule has 0 bridgehead atoms. The molecule has 1 N–H and O–H groups in total. The van der Waals surface area contributed by atoms with E-state index < -0.39 is 21.9 Å². The maximum atomic E-state index is 12.9. The number of hydrogen-bond acceptors (Lipinski definition) is 6. The second kappa shape index (κ2) is 10.0. The summed E-state index contributed by atoms with van der Waals surface area (Å²) in [6.45, 7) is 3.33. The molecule has 9 heteroatoms. The van der Waals surface area contributed by atoms with E-state index in [1.165, 1.54) is 31.4 Å². The first kappa shape index (κ1) is 22.4. The Balaban J connectivity index is 2.10. The molecule has 156 valence electrons. The standard InChI is InChI=1S/C20H24N2O6S/c1-4-22(14-19(23)21-16-8-10-17(27-3)11-9-16)29(25,26)18-12-6-15(7-13-18)20(24)28-5-2/h6-13H,4-5,14H2,1-3H3,(H,21,23). The SMILES string of the molecule is CCOC(=O)c1ccc(S(=O)(=O)N(CC)CC(=O)Nc2ccc(OC)cc2)cc1. The molecule has 0 aromatic heterocycles. The van der Waals surface area contributed by atoms with Crippen LogP contribution in [0.4, 0.5) is 5.69 Å². The van der Waals surface area contributed by atoms with Gasteiger partial charge < -0.3 is 14.8 Å². The minimum Gasteiger partial charge on any atom is -0.497 e. The average Bonchev–Trinajstić information content (AvgIpc) is 2.72. The van der Waals surface area contributed by atoms with Gasteiger partial charge in [-0.2, -0.15) is 4.31 Å². The lowest BCUT2D eigenvalue weighted by Crippen LogP contribution is -2.37. The fraction of sp³-hybridized carbons (Fsp3) is 0.300. The number of ether oxygens (including phenoxy) is 2. The first-order chi connectivity index (χ1) is 13.8. The summed E-state index contributed by atoms with van der Waals surface area (Å²) in [7, 11) is -2.36. The highest BCUT2D eigenvalue weighted by atomic mass is 32.2. The summed E-state index contributed by atoms with van der Waals surface area (Å²) in [6, 6.07) is 12.1. The third-order valence-electron chi connectivity index (χ3n) is 4.05. The largest absolute Gasteiger partial charge is 0.497 e.